The summed E-state index contributed by atoms with van der Waals surface area (Å²) in [5, 5.41) is 2.48. The van der Waals surface area contributed by atoms with Crippen LogP contribution in [0.5, 0.6) is 0 Å². The van der Waals surface area contributed by atoms with E-state index in [4.69, 9.17) is 0 Å². The Labute approximate surface area is 203 Å². The molecule has 0 spiro atoms. The molecule has 0 saturated carbocycles. The van der Waals surface area contributed by atoms with E-state index in [2.05, 4.69) is 41.3 Å². The maximum absolute atomic E-state index is 13.0. The molecule has 4 aromatic rings. The summed E-state index contributed by atoms with van der Waals surface area (Å²) in [6, 6.07) is 25.6. The van der Waals surface area contributed by atoms with Gasteiger partial charge in [-0.25, -0.2) is 4.79 Å². The summed E-state index contributed by atoms with van der Waals surface area (Å²) in [7, 11) is 0. The van der Waals surface area contributed by atoms with Gasteiger partial charge in [-0.2, -0.15) is 0 Å². The Morgan fingerprint density at radius 1 is 0.743 bits per heavy atom. The second kappa shape index (κ2) is 10.1. The van der Waals surface area contributed by atoms with E-state index in [1.54, 1.807) is 4.90 Å². The van der Waals surface area contributed by atoms with Gasteiger partial charge in [-0.05, 0) is 21.9 Å². The molecule has 0 aliphatic carbocycles. The van der Waals surface area contributed by atoms with E-state index >= 15 is 0 Å². The van der Waals surface area contributed by atoms with Crippen molar-refractivity contribution in [3.63, 3.8) is 0 Å². The van der Waals surface area contributed by atoms with Crippen LogP contribution in [0.3, 0.4) is 0 Å². The van der Waals surface area contributed by atoms with Gasteiger partial charge in [-0.15, -0.1) is 0 Å². The van der Waals surface area contributed by atoms with Crippen LogP contribution in [0.15, 0.2) is 94.6 Å². The van der Waals surface area contributed by atoms with E-state index in [9.17, 15) is 14.4 Å². The molecule has 0 bridgehead atoms. The number of piperazine rings is 1. The molecule has 7 nitrogen and oxygen atoms in total. The van der Waals surface area contributed by atoms with Gasteiger partial charge in [0, 0.05) is 45.0 Å². The number of carbonyl (C=O) groups is 1. The van der Waals surface area contributed by atoms with Crippen molar-refractivity contribution in [3.8, 4) is 0 Å². The number of benzene rings is 3. The standard InChI is InChI=1S/C28H28N4O3/c33-26-13-14-31(19-22-7-2-1-3-8-22)28(35)32(26)21-27(34)30-17-15-29(16-18-30)20-24-11-6-10-23-9-4-5-12-25(23)24/h1-14H,15-21H2. The highest BCUT2D eigenvalue weighted by Gasteiger charge is 2.23. The second-order valence-electron chi connectivity index (χ2n) is 8.93. The smallest absolute Gasteiger partial charge is 0.331 e. The first-order valence-electron chi connectivity index (χ1n) is 11.9. The molecule has 0 N–H and O–H groups in total. The molecule has 35 heavy (non-hydrogen) atoms. The first-order valence-corrected chi connectivity index (χ1v) is 11.9. The Balaban J connectivity index is 1.23. The number of nitrogens with zero attached hydrogens (tertiary/aromatic N) is 4. The Morgan fingerprint density at radius 2 is 1.46 bits per heavy atom. The van der Waals surface area contributed by atoms with Crippen LogP contribution in [-0.2, 0) is 24.4 Å². The molecule has 0 radical (unpaired) electrons. The van der Waals surface area contributed by atoms with E-state index in [-0.39, 0.29) is 12.5 Å². The zero-order valence-electron chi connectivity index (χ0n) is 19.5. The van der Waals surface area contributed by atoms with Crippen molar-refractivity contribution in [2.45, 2.75) is 19.6 Å². The van der Waals surface area contributed by atoms with Crippen molar-refractivity contribution in [2.24, 2.45) is 0 Å². The SMILES string of the molecule is O=C(Cn1c(=O)ccn(Cc2ccccc2)c1=O)N1CCN(Cc2cccc3ccccc23)CC1. The molecule has 1 fully saturated rings. The average molecular weight is 469 g/mol. The molecular formula is C28H28N4O3. The highest BCUT2D eigenvalue weighted by Crippen LogP contribution is 2.20. The predicted octanol–water partition coefficient (Wildman–Crippen LogP) is 2.56. The summed E-state index contributed by atoms with van der Waals surface area (Å²) < 4.78 is 2.50. The molecule has 7 heteroatoms. The lowest BCUT2D eigenvalue weighted by atomic mass is 10.0. The predicted molar refractivity (Wildman–Crippen MR) is 136 cm³/mol. The lowest BCUT2D eigenvalue weighted by Crippen LogP contribution is -2.51. The van der Waals surface area contributed by atoms with E-state index in [0.29, 0.717) is 19.6 Å². The fourth-order valence-corrected chi connectivity index (χ4v) is 4.66. The van der Waals surface area contributed by atoms with Crippen LogP contribution in [0.2, 0.25) is 0 Å². The third kappa shape index (κ3) is 5.10. The van der Waals surface area contributed by atoms with Crippen molar-refractivity contribution in [2.75, 3.05) is 26.2 Å². The molecule has 1 amide bonds. The molecule has 178 valence electrons. The Kier molecular flexibility index (Phi) is 6.59. The van der Waals surface area contributed by atoms with Crippen LogP contribution in [-0.4, -0.2) is 51.0 Å². The van der Waals surface area contributed by atoms with Gasteiger partial charge in [-0.1, -0.05) is 72.8 Å². The minimum absolute atomic E-state index is 0.202. The van der Waals surface area contributed by atoms with Gasteiger partial charge in [0.05, 0.1) is 6.54 Å². The number of hydrogen-bond donors (Lipinski definition) is 0. The summed E-state index contributed by atoms with van der Waals surface area (Å²) in [6.45, 7) is 3.57. The fraction of sp³-hybridized carbons (Fsp3) is 0.250. The average Bonchev–Trinajstić information content (AvgIpc) is 2.89. The van der Waals surface area contributed by atoms with Gasteiger partial charge in [0.25, 0.3) is 5.56 Å². The van der Waals surface area contributed by atoms with Gasteiger partial charge >= 0.3 is 5.69 Å². The van der Waals surface area contributed by atoms with E-state index < -0.39 is 11.2 Å². The third-order valence-electron chi connectivity index (χ3n) is 6.63. The zero-order chi connectivity index (χ0) is 24.2. The van der Waals surface area contributed by atoms with Gasteiger partial charge in [0.1, 0.15) is 6.54 Å². The molecule has 1 aliphatic heterocycles. The van der Waals surface area contributed by atoms with Gasteiger partial charge < -0.3 is 4.90 Å². The molecular weight excluding hydrogens is 440 g/mol. The molecule has 1 aromatic heterocycles. The van der Waals surface area contributed by atoms with Crippen molar-refractivity contribution in [3.05, 3.63) is 117 Å². The highest BCUT2D eigenvalue weighted by atomic mass is 16.2. The molecule has 3 aromatic carbocycles. The lowest BCUT2D eigenvalue weighted by molar-refractivity contribution is -0.133. The zero-order valence-corrected chi connectivity index (χ0v) is 19.5. The van der Waals surface area contributed by atoms with Crippen LogP contribution < -0.4 is 11.2 Å². The van der Waals surface area contributed by atoms with Crippen LogP contribution >= 0.6 is 0 Å². The summed E-state index contributed by atoms with van der Waals surface area (Å²) >= 11 is 0. The number of hydrogen-bond acceptors (Lipinski definition) is 4. The van der Waals surface area contributed by atoms with Gasteiger partial charge in [-0.3, -0.25) is 23.6 Å². The maximum Gasteiger partial charge on any atom is 0.331 e. The van der Waals surface area contributed by atoms with Crippen LogP contribution in [0.4, 0.5) is 0 Å². The normalized spacial score (nSPS) is 14.3. The quantitative estimate of drug-likeness (QED) is 0.436. The molecule has 0 unspecified atom stereocenters. The monoisotopic (exact) mass is 468 g/mol. The molecule has 2 heterocycles. The van der Waals surface area contributed by atoms with Crippen molar-refractivity contribution in [1.29, 1.82) is 0 Å². The Morgan fingerprint density at radius 3 is 2.26 bits per heavy atom. The number of carbonyl (C=O) groups excluding carboxylic acids is 1. The summed E-state index contributed by atoms with van der Waals surface area (Å²) in [5.74, 6) is -0.202. The van der Waals surface area contributed by atoms with Crippen molar-refractivity contribution in [1.82, 2.24) is 18.9 Å². The first-order chi connectivity index (χ1) is 17.1. The van der Waals surface area contributed by atoms with E-state index in [0.717, 1.165) is 29.8 Å². The van der Waals surface area contributed by atoms with E-state index in [1.165, 1.54) is 33.2 Å². The van der Waals surface area contributed by atoms with Crippen molar-refractivity contribution < 1.29 is 4.79 Å². The third-order valence-corrected chi connectivity index (χ3v) is 6.63. The fourth-order valence-electron chi connectivity index (χ4n) is 4.66. The molecule has 1 saturated heterocycles. The number of rotatable bonds is 6. The molecule has 5 rings (SSSR count). The Bertz CT molecular complexity index is 1450. The maximum atomic E-state index is 13.0. The van der Waals surface area contributed by atoms with Gasteiger partial charge in [0.2, 0.25) is 5.91 Å². The lowest BCUT2D eigenvalue weighted by Gasteiger charge is -2.35. The van der Waals surface area contributed by atoms with Crippen LogP contribution in [0, 0.1) is 0 Å². The second-order valence-corrected chi connectivity index (χ2v) is 8.93. The van der Waals surface area contributed by atoms with Crippen molar-refractivity contribution >= 4 is 16.7 Å². The number of aromatic nitrogens is 2. The topological polar surface area (TPSA) is 67.5 Å². The summed E-state index contributed by atoms with van der Waals surface area (Å²) in [6.07, 6.45) is 1.49. The van der Waals surface area contributed by atoms with Crippen LogP contribution in [0.1, 0.15) is 11.1 Å². The summed E-state index contributed by atoms with van der Waals surface area (Å²) in [4.78, 5) is 42.4. The highest BCUT2D eigenvalue weighted by molar-refractivity contribution is 5.85. The van der Waals surface area contributed by atoms with E-state index in [1.807, 2.05) is 36.4 Å². The number of amides is 1. The molecule has 0 atom stereocenters. The van der Waals surface area contributed by atoms with Gasteiger partial charge in [0.15, 0.2) is 0 Å². The van der Waals surface area contributed by atoms with Crippen LogP contribution in [0.25, 0.3) is 10.8 Å². The largest absolute Gasteiger partial charge is 0.339 e. The summed E-state index contributed by atoms with van der Waals surface area (Å²) in [5.41, 5.74) is 1.30. The number of fused-ring (bicyclic) bond motifs is 1. The minimum atomic E-state index is -0.468. The Hall–Kier alpha value is -3.97. The molecule has 1 aliphatic rings. The first kappa shape index (κ1) is 22.8. The minimum Gasteiger partial charge on any atom is -0.339 e.